The molecule has 4 rings (SSSR count). The van der Waals surface area contributed by atoms with Crippen molar-refractivity contribution < 1.29 is 19.1 Å². The van der Waals surface area contributed by atoms with E-state index in [1.54, 1.807) is 19.3 Å². The Kier molecular flexibility index (Phi) is 9.90. The largest absolute Gasteiger partial charge is 0.466 e. The molecule has 3 aromatic rings. The van der Waals surface area contributed by atoms with Crippen LogP contribution in [0.5, 0.6) is 0 Å². The lowest BCUT2D eigenvalue weighted by molar-refractivity contribution is -0.146. The number of aryl methyl sites for hydroxylation is 2. The van der Waals surface area contributed by atoms with E-state index in [9.17, 15) is 14.4 Å². The molecule has 0 saturated heterocycles. The summed E-state index contributed by atoms with van der Waals surface area (Å²) in [6.07, 6.45) is 10.9. The van der Waals surface area contributed by atoms with Gasteiger partial charge >= 0.3 is 5.97 Å². The van der Waals surface area contributed by atoms with Crippen LogP contribution >= 0.6 is 0 Å². The molecule has 2 amide bonds. The van der Waals surface area contributed by atoms with Crippen LogP contribution in [0.2, 0.25) is 0 Å². The molecule has 202 valence electrons. The van der Waals surface area contributed by atoms with Gasteiger partial charge in [-0.25, -0.2) is 0 Å². The van der Waals surface area contributed by atoms with Gasteiger partial charge in [0.05, 0.1) is 13.0 Å². The first kappa shape index (κ1) is 27.4. The second-order valence-corrected chi connectivity index (χ2v) is 9.94. The minimum absolute atomic E-state index is 0.0103. The van der Waals surface area contributed by atoms with Crippen molar-refractivity contribution in [1.82, 2.24) is 20.2 Å². The molecule has 0 fully saturated rings. The molecule has 8 nitrogen and oxygen atoms in total. The Morgan fingerprint density at radius 2 is 1.97 bits per heavy atom. The average Bonchev–Trinajstić information content (AvgIpc) is 3.27. The maximum Gasteiger partial charge on any atom is 0.306 e. The molecule has 8 heteroatoms. The summed E-state index contributed by atoms with van der Waals surface area (Å²) < 4.78 is 7.40. The maximum atomic E-state index is 13.5. The molecule has 2 atom stereocenters. The van der Waals surface area contributed by atoms with Crippen molar-refractivity contribution in [3.63, 3.8) is 0 Å². The lowest BCUT2D eigenvalue weighted by Crippen LogP contribution is -2.50. The lowest BCUT2D eigenvalue weighted by Gasteiger charge is -2.22. The zero-order valence-corrected chi connectivity index (χ0v) is 22.2. The SMILES string of the molecule is CCOC(=O)C[C@@H](CCCc1ccncc1)C(=O)NC1Cc2cn(c3ccccc23)CCCCCNC1=O. The number of carbonyl (C=O) groups excluding carboxylic acids is 3. The zero-order chi connectivity index (χ0) is 26.7. The van der Waals surface area contributed by atoms with E-state index in [-0.39, 0.29) is 24.8 Å². The maximum absolute atomic E-state index is 13.5. The van der Waals surface area contributed by atoms with Crippen molar-refractivity contribution in [1.29, 1.82) is 0 Å². The second kappa shape index (κ2) is 13.7. The molecule has 0 radical (unpaired) electrons. The van der Waals surface area contributed by atoms with Crippen LogP contribution in [0, 0.1) is 5.92 Å². The molecular weight excluding hydrogens is 480 g/mol. The molecule has 2 bridgehead atoms. The minimum Gasteiger partial charge on any atom is -0.466 e. The molecule has 0 aliphatic carbocycles. The number of rotatable bonds is 9. The number of aromatic nitrogens is 2. The molecule has 1 aliphatic rings. The summed E-state index contributed by atoms with van der Waals surface area (Å²) in [5, 5.41) is 7.11. The first-order chi connectivity index (χ1) is 18.5. The number of para-hydroxylation sites is 1. The van der Waals surface area contributed by atoms with E-state index in [4.69, 9.17) is 4.74 Å². The molecule has 0 saturated carbocycles. The Bertz CT molecular complexity index is 1220. The summed E-state index contributed by atoms with van der Waals surface area (Å²) in [5.74, 6) is -1.46. The fourth-order valence-corrected chi connectivity index (χ4v) is 5.16. The summed E-state index contributed by atoms with van der Waals surface area (Å²) >= 11 is 0. The van der Waals surface area contributed by atoms with Crippen LogP contribution < -0.4 is 10.6 Å². The summed E-state index contributed by atoms with van der Waals surface area (Å²) in [5.41, 5.74) is 3.30. The Morgan fingerprint density at radius 1 is 1.16 bits per heavy atom. The van der Waals surface area contributed by atoms with Gasteiger partial charge in [-0.3, -0.25) is 19.4 Å². The number of carbonyl (C=O) groups is 3. The highest BCUT2D eigenvalue weighted by Crippen LogP contribution is 2.24. The Labute approximate surface area is 224 Å². The number of hydrogen-bond donors (Lipinski definition) is 2. The van der Waals surface area contributed by atoms with Gasteiger partial charge in [0, 0.05) is 54.9 Å². The van der Waals surface area contributed by atoms with E-state index in [1.165, 1.54) is 0 Å². The number of pyridine rings is 1. The normalized spacial score (nSPS) is 17.1. The third-order valence-corrected chi connectivity index (χ3v) is 7.16. The smallest absolute Gasteiger partial charge is 0.306 e. The fraction of sp³-hybridized carbons (Fsp3) is 0.467. The number of benzene rings is 1. The molecule has 1 unspecified atom stereocenters. The first-order valence-electron chi connectivity index (χ1n) is 13.7. The monoisotopic (exact) mass is 518 g/mol. The van der Waals surface area contributed by atoms with Crippen molar-refractivity contribution in [3.8, 4) is 0 Å². The fourth-order valence-electron chi connectivity index (χ4n) is 5.16. The molecule has 1 aliphatic heterocycles. The van der Waals surface area contributed by atoms with Gasteiger partial charge in [0.25, 0.3) is 0 Å². The van der Waals surface area contributed by atoms with Crippen LogP contribution in [-0.2, 0) is 38.5 Å². The van der Waals surface area contributed by atoms with Crippen molar-refractivity contribution in [3.05, 3.63) is 66.1 Å². The van der Waals surface area contributed by atoms with Gasteiger partial charge in [0.15, 0.2) is 0 Å². The van der Waals surface area contributed by atoms with E-state index in [0.717, 1.165) is 60.7 Å². The number of ether oxygens (including phenoxy) is 1. The van der Waals surface area contributed by atoms with Crippen LogP contribution in [0.3, 0.4) is 0 Å². The predicted octanol–water partition coefficient (Wildman–Crippen LogP) is 3.96. The Morgan fingerprint density at radius 3 is 2.79 bits per heavy atom. The highest BCUT2D eigenvalue weighted by Gasteiger charge is 2.28. The van der Waals surface area contributed by atoms with Gasteiger partial charge in [-0.05, 0) is 74.8 Å². The molecule has 3 heterocycles. The van der Waals surface area contributed by atoms with Crippen molar-refractivity contribution in [2.45, 2.75) is 70.9 Å². The van der Waals surface area contributed by atoms with Crippen LogP contribution in [0.25, 0.3) is 10.9 Å². The number of esters is 1. The summed E-state index contributed by atoms with van der Waals surface area (Å²) in [6.45, 7) is 3.52. The van der Waals surface area contributed by atoms with Crippen LogP contribution in [0.15, 0.2) is 55.0 Å². The van der Waals surface area contributed by atoms with E-state index >= 15 is 0 Å². The number of nitrogens with one attached hydrogen (secondary N) is 2. The van der Waals surface area contributed by atoms with Gasteiger partial charge in [0.2, 0.25) is 11.8 Å². The lowest BCUT2D eigenvalue weighted by atomic mass is 9.95. The first-order valence-corrected chi connectivity index (χ1v) is 13.7. The Hall–Kier alpha value is -3.68. The standard InChI is InChI=1S/C30H38N4O4/c1-2-38-28(35)20-23(10-8-9-22-13-16-31-17-14-22)29(36)33-26-19-24-21-34(27-12-5-4-11-25(24)27)18-7-3-6-15-32-30(26)37/h4-5,11-14,16-17,21,23,26H,2-3,6-10,15,18-20H2,1H3,(H,32,37)(H,33,36)/t23-,26?/m1/s1. The van der Waals surface area contributed by atoms with Gasteiger partial charge in [-0.15, -0.1) is 0 Å². The third kappa shape index (κ3) is 7.43. The zero-order valence-electron chi connectivity index (χ0n) is 22.2. The van der Waals surface area contributed by atoms with Crippen molar-refractivity contribution in [2.75, 3.05) is 13.2 Å². The van der Waals surface area contributed by atoms with Gasteiger partial charge in [-0.2, -0.15) is 0 Å². The molecule has 2 N–H and O–H groups in total. The van der Waals surface area contributed by atoms with E-state index in [0.29, 0.717) is 19.4 Å². The summed E-state index contributed by atoms with van der Waals surface area (Å²) in [6, 6.07) is 11.4. The number of hydrogen-bond acceptors (Lipinski definition) is 5. The molecule has 0 spiro atoms. The van der Waals surface area contributed by atoms with Gasteiger partial charge in [-0.1, -0.05) is 18.2 Å². The van der Waals surface area contributed by atoms with E-state index in [1.807, 2.05) is 24.3 Å². The third-order valence-electron chi connectivity index (χ3n) is 7.16. The van der Waals surface area contributed by atoms with Crippen LogP contribution in [0.4, 0.5) is 0 Å². The highest BCUT2D eigenvalue weighted by atomic mass is 16.5. The molecule has 38 heavy (non-hydrogen) atoms. The molecule has 2 aromatic heterocycles. The summed E-state index contributed by atoms with van der Waals surface area (Å²) in [4.78, 5) is 43.1. The van der Waals surface area contributed by atoms with E-state index in [2.05, 4.69) is 38.5 Å². The van der Waals surface area contributed by atoms with E-state index < -0.39 is 17.9 Å². The number of nitrogens with zero attached hydrogens (tertiary/aromatic N) is 2. The number of fused-ring (bicyclic) bond motifs is 5. The van der Waals surface area contributed by atoms with Crippen molar-refractivity contribution in [2.24, 2.45) is 5.92 Å². The Balaban J connectivity index is 1.52. The summed E-state index contributed by atoms with van der Waals surface area (Å²) in [7, 11) is 0. The van der Waals surface area contributed by atoms with Crippen LogP contribution in [-0.4, -0.2) is 46.5 Å². The van der Waals surface area contributed by atoms with Gasteiger partial charge in [0.1, 0.15) is 6.04 Å². The van der Waals surface area contributed by atoms with Crippen LogP contribution in [0.1, 0.15) is 56.6 Å². The minimum atomic E-state index is -0.730. The molecule has 1 aromatic carbocycles. The van der Waals surface area contributed by atoms with Crippen molar-refractivity contribution >= 4 is 28.7 Å². The molecular formula is C30H38N4O4. The number of amides is 2. The predicted molar refractivity (Wildman–Crippen MR) is 146 cm³/mol. The second-order valence-electron chi connectivity index (χ2n) is 9.94. The average molecular weight is 519 g/mol. The topological polar surface area (TPSA) is 102 Å². The van der Waals surface area contributed by atoms with Gasteiger partial charge < -0.3 is 19.9 Å². The quantitative estimate of drug-likeness (QED) is 0.418. The highest BCUT2D eigenvalue weighted by molar-refractivity contribution is 5.91.